The zero-order valence-electron chi connectivity index (χ0n) is 8.03. The van der Waals surface area contributed by atoms with E-state index in [1.165, 1.54) is 5.56 Å². The summed E-state index contributed by atoms with van der Waals surface area (Å²) < 4.78 is 0. The molecule has 13 heavy (non-hydrogen) atoms. The maximum absolute atomic E-state index is 3.42. The quantitative estimate of drug-likeness (QED) is 0.693. The second-order valence-corrected chi connectivity index (χ2v) is 3.61. The van der Waals surface area contributed by atoms with E-state index >= 15 is 0 Å². The predicted molar refractivity (Wildman–Crippen MR) is 54.7 cm³/mol. The minimum Gasteiger partial charge on any atom is -0.314 e. The summed E-state index contributed by atoms with van der Waals surface area (Å²) in [4.78, 5) is 2.41. The maximum atomic E-state index is 3.42. The van der Waals surface area contributed by atoms with Crippen LogP contribution in [0.2, 0.25) is 0 Å². The lowest BCUT2D eigenvalue weighted by Gasteiger charge is -2.33. The number of rotatable bonds is 1. The summed E-state index contributed by atoms with van der Waals surface area (Å²) in [6.45, 7) is 3.32. The van der Waals surface area contributed by atoms with Crippen LogP contribution in [-0.2, 0) is 0 Å². The van der Waals surface area contributed by atoms with Crippen molar-refractivity contribution in [2.45, 2.75) is 6.04 Å². The highest BCUT2D eigenvalue weighted by Gasteiger charge is 2.19. The Hall–Kier alpha value is -0.860. The molecule has 0 aromatic heterocycles. The molecule has 0 spiro atoms. The van der Waals surface area contributed by atoms with Gasteiger partial charge < -0.3 is 5.32 Å². The highest BCUT2D eigenvalue weighted by atomic mass is 15.2. The molecule has 1 N–H and O–H groups in total. The Labute approximate surface area is 79.6 Å². The van der Waals surface area contributed by atoms with Gasteiger partial charge in [0.1, 0.15) is 0 Å². The number of piperazine rings is 1. The van der Waals surface area contributed by atoms with Crippen LogP contribution in [-0.4, -0.2) is 31.6 Å². The van der Waals surface area contributed by atoms with E-state index in [0.29, 0.717) is 6.04 Å². The molecule has 1 aromatic carbocycles. The molecule has 2 rings (SSSR count). The summed E-state index contributed by atoms with van der Waals surface area (Å²) in [6, 6.07) is 11.2. The van der Waals surface area contributed by atoms with Crippen LogP contribution in [0.1, 0.15) is 11.6 Å². The fraction of sp³-hybridized carbons (Fsp3) is 0.455. The van der Waals surface area contributed by atoms with Crippen molar-refractivity contribution in [1.82, 2.24) is 10.2 Å². The van der Waals surface area contributed by atoms with Gasteiger partial charge in [-0.2, -0.15) is 0 Å². The van der Waals surface area contributed by atoms with Crippen molar-refractivity contribution in [2.75, 3.05) is 26.7 Å². The molecule has 2 nitrogen and oxygen atoms in total. The molecule has 1 atom stereocenters. The van der Waals surface area contributed by atoms with E-state index in [0.717, 1.165) is 19.6 Å². The predicted octanol–water partition coefficient (Wildman–Crippen LogP) is 1.26. The molecule has 0 bridgehead atoms. The largest absolute Gasteiger partial charge is 0.314 e. The third-order valence-corrected chi connectivity index (χ3v) is 2.70. The third-order valence-electron chi connectivity index (χ3n) is 2.70. The number of hydrogen-bond acceptors (Lipinski definition) is 2. The molecule has 1 unspecified atom stereocenters. The monoisotopic (exact) mass is 176 g/mol. The van der Waals surface area contributed by atoms with E-state index in [1.807, 2.05) is 0 Å². The second kappa shape index (κ2) is 3.90. The lowest BCUT2D eigenvalue weighted by atomic mass is 10.0. The number of benzene rings is 1. The highest BCUT2D eigenvalue weighted by Crippen LogP contribution is 2.19. The Kier molecular flexibility index (Phi) is 2.62. The molecule has 0 aliphatic carbocycles. The van der Waals surface area contributed by atoms with Crippen molar-refractivity contribution in [3.63, 3.8) is 0 Å². The van der Waals surface area contributed by atoms with Gasteiger partial charge in [0.2, 0.25) is 0 Å². The van der Waals surface area contributed by atoms with Gasteiger partial charge in [0.25, 0.3) is 0 Å². The Morgan fingerprint density at radius 1 is 1.31 bits per heavy atom. The SMILES string of the molecule is CN1CCNCC1c1ccccc1. The third kappa shape index (κ3) is 1.90. The molecule has 1 aliphatic heterocycles. The van der Waals surface area contributed by atoms with Gasteiger partial charge in [-0.25, -0.2) is 0 Å². The number of nitrogens with one attached hydrogen (secondary N) is 1. The second-order valence-electron chi connectivity index (χ2n) is 3.61. The van der Waals surface area contributed by atoms with E-state index in [4.69, 9.17) is 0 Å². The first-order chi connectivity index (χ1) is 6.38. The van der Waals surface area contributed by atoms with Gasteiger partial charge in [0, 0.05) is 25.7 Å². The Morgan fingerprint density at radius 2 is 2.08 bits per heavy atom. The van der Waals surface area contributed by atoms with Crippen LogP contribution in [0, 0.1) is 0 Å². The van der Waals surface area contributed by atoms with Crippen molar-refractivity contribution >= 4 is 0 Å². The van der Waals surface area contributed by atoms with Gasteiger partial charge in [-0.05, 0) is 12.6 Å². The minimum absolute atomic E-state index is 0.551. The minimum atomic E-state index is 0.551. The summed E-state index contributed by atoms with van der Waals surface area (Å²) >= 11 is 0. The Balaban J connectivity index is 2.15. The summed E-state index contributed by atoms with van der Waals surface area (Å²) in [7, 11) is 2.19. The molecule has 1 aromatic rings. The number of likely N-dealkylation sites (N-methyl/N-ethyl adjacent to an activating group) is 1. The molecule has 1 saturated heterocycles. The van der Waals surface area contributed by atoms with Crippen LogP contribution >= 0.6 is 0 Å². The zero-order chi connectivity index (χ0) is 9.10. The fourth-order valence-corrected chi connectivity index (χ4v) is 1.85. The zero-order valence-corrected chi connectivity index (χ0v) is 8.03. The van der Waals surface area contributed by atoms with Gasteiger partial charge in [0.15, 0.2) is 0 Å². The smallest absolute Gasteiger partial charge is 0.0470 e. The number of nitrogens with zero attached hydrogens (tertiary/aromatic N) is 1. The molecule has 0 radical (unpaired) electrons. The summed E-state index contributed by atoms with van der Waals surface area (Å²) in [6.07, 6.45) is 0. The molecule has 1 heterocycles. The number of hydrogen-bond donors (Lipinski definition) is 1. The lowest BCUT2D eigenvalue weighted by molar-refractivity contribution is 0.202. The molecule has 1 aliphatic rings. The van der Waals surface area contributed by atoms with Crippen LogP contribution in [0.15, 0.2) is 30.3 Å². The first-order valence-corrected chi connectivity index (χ1v) is 4.84. The van der Waals surface area contributed by atoms with Crippen molar-refractivity contribution < 1.29 is 0 Å². The summed E-state index contributed by atoms with van der Waals surface area (Å²) in [5.74, 6) is 0. The standard InChI is InChI=1S/C11H16N2/c1-13-8-7-12-9-11(13)10-5-3-2-4-6-10/h2-6,11-12H,7-9H2,1H3. The summed E-state index contributed by atoms with van der Waals surface area (Å²) in [5, 5.41) is 3.42. The molecule has 1 fully saturated rings. The average Bonchev–Trinajstić information content (AvgIpc) is 2.20. The molecular formula is C11H16N2. The molecule has 0 amide bonds. The van der Waals surface area contributed by atoms with Crippen LogP contribution in [0.25, 0.3) is 0 Å². The highest BCUT2D eigenvalue weighted by molar-refractivity contribution is 5.19. The van der Waals surface area contributed by atoms with Crippen molar-refractivity contribution in [3.8, 4) is 0 Å². The van der Waals surface area contributed by atoms with Crippen molar-refractivity contribution in [3.05, 3.63) is 35.9 Å². The first-order valence-electron chi connectivity index (χ1n) is 4.84. The maximum Gasteiger partial charge on any atom is 0.0470 e. The van der Waals surface area contributed by atoms with Gasteiger partial charge >= 0.3 is 0 Å². The molecule has 70 valence electrons. The van der Waals surface area contributed by atoms with Gasteiger partial charge in [-0.15, -0.1) is 0 Å². The lowest BCUT2D eigenvalue weighted by Crippen LogP contribution is -2.43. The van der Waals surface area contributed by atoms with Gasteiger partial charge in [-0.3, -0.25) is 4.90 Å². The van der Waals surface area contributed by atoms with E-state index in [1.54, 1.807) is 0 Å². The Bertz CT molecular complexity index is 258. The van der Waals surface area contributed by atoms with E-state index in [9.17, 15) is 0 Å². The van der Waals surface area contributed by atoms with Crippen LogP contribution < -0.4 is 5.32 Å². The van der Waals surface area contributed by atoms with Crippen LogP contribution in [0.3, 0.4) is 0 Å². The summed E-state index contributed by atoms with van der Waals surface area (Å²) in [5.41, 5.74) is 1.41. The first kappa shape index (κ1) is 8.73. The fourth-order valence-electron chi connectivity index (χ4n) is 1.85. The van der Waals surface area contributed by atoms with Crippen LogP contribution in [0.5, 0.6) is 0 Å². The van der Waals surface area contributed by atoms with Crippen molar-refractivity contribution in [1.29, 1.82) is 0 Å². The Morgan fingerprint density at radius 3 is 2.77 bits per heavy atom. The topological polar surface area (TPSA) is 15.3 Å². The van der Waals surface area contributed by atoms with Gasteiger partial charge in [-0.1, -0.05) is 30.3 Å². The molecule has 0 saturated carbocycles. The normalized spacial score (nSPS) is 24.5. The van der Waals surface area contributed by atoms with Crippen molar-refractivity contribution in [2.24, 2.45) is 0 Å². The van der Waals surface area contributed by atoms with Gasteiger partial charge in [0.05, 0.1) is 0 Å². The van der Waals surface area contributed by atoms with E-state index in [2.05, 4.69) is 47.6 Å². The van der Waals surface area contributed by atoms with E-state index < -0.39 is 0 Å². The van der Waals surface area contributed by atoms with E-state index in [-0.39, 0.29) is 0 Å². The molecule has 2 heteroatoms. The van der Waals surface area contributed by atoms with Crippen LogP contribution in [0.4, 0.5) is 0 Å². The molecular weight excluding hydrogens is 160 g/mol. The average molecular weight is 176 g/mol.